The molecule has 0 unspecified atom stereocenters. The molecule has 11 heavy (non-hydrogen) atoms. The van der Waals surface area contributed by atoms with Gasteiger partial charge in [0.1, 0.15) is 0 Å². The lowest BCUT2D eigenvalue weighted by Crippen LogP contribution is -2.22. The van der Waals surface area contributed by atoms with Gasteiger partial charge in [-0.15, -0.1) is 23.0 Å². The molecule has 0 heterocycles. The third-order valence-corrected chi connectivity index (χ3v) is 2.86. The van der Waals surface area contributed by atoms with Crippen molar-refractivity contribution in [2.45, 2.75) is 0 Å². The summed E-state index contributed by atoms with van der Waals surface area (Å²) in [7, 11) is 4.06. The van der Waals surface area contributed by atoms with Crippen LogP contribution in [-0.2, 0) is 3.79 Å². The minimum Gasteiger partial charge on any atom is -0.493 e. The Morgan fingerprint density at radius 3 is 2.27 bits per heavy atom. The van der Waals surface area contributed by atoms with E-state index in [-0.39, 0.29) is 0 Å². The molecule has 0 aromatic heterocycles. The Labute approximate surface area is 73.9 Å². The van der Waals surface area contributed by atoms with E-state index in [0.29, 0.717) is 0 Å². The highest BCUT2D eigenvalue weighted by Crippen LogP contribution is 1.88. The summed E-state index contributed by atoms with van der Waals surface area (Å²) in [4.78, 5) is 5.85. The van der Waals surface area contributed by atoms with Gasteiger partial charge in [0.25, 0.3) is 0 Å². The molecular weight excluding hydrogens is 153 g/mol. The van der Waals surface area contributed by atoms with Crippen LogP contribution in [0.2, 0.25) is 0 Å². The molecule has 0 N–H and O–H groups in total. The quantitative estimate of drug-likeness (QED) is 0.550. The molecule has 0 aliphatic carbocycles. The average molecular weight is 169 g/mol. The zero-order chi connectivity index (χ0) is 8.69. The number of nitrogens with zero attached hydrogens (tertiary/aromatic N) is 1. The molecule has 0 atom stereocenters. The van der Waals surface area contributed by atoms with Crippen LogP contribution in [0.5, 0.6) is 0 Å². The second kappa shape index (κ2) is 6.63. The predicted octanol–water partition coefficient (Wildman–Crippen LogP) is 1.01. The monoisotopic (exact) mass is 169 g/mol. The lowest BCUT2D eigenvalue weighted by atomic mass is 10.6. The molecule has 0 radical (unpaired) electrons. The Bertz CT molecular complexity index is 117. The standard InChI is InChI=1S/C4H10NO.2C2H3.Al/c1-5(2)3-4-6;2*1-2;/h3-4H2,1-2H3;2*1H,2H2;/q-1;;;+1. The Balaban J connectivity index is 3.35. The van der Waals surface area contributed by atoms with E-state index in [1.54, 1.807) is 0 Å². The van der Waals surface area contributed by atoms with E-state index in [1.165, 1.54) is 0 Å². The molecule has 0 fully saturated rings. The normalized spacial score (nSPS) is 9.73. The highest BCUT2D eigenvalue weighted by Gasteiger charge is 2.09. The fourth-order valence-electron chi connectivity index (χ4n) is 0.604. The smallest absolute Gasteiger partial charge is 0.493 e. The van der Waals surface area contributed by atoms with Gasteiger partial charge in [0, 0.05) is 13.2 Å². The van der Waals surface area contributed by atoms with Crippen molar-refractivity contribution in [3.8, 4) is 0 Å². The number of likely N-dealkylation sites (N-methyl/N-ethyl adjacent to an activating group) is 1. The molecule has 0 rings (SSSR count). The highest BCUT2D eigenvalue weighted by atomic mass is 27.2. The minimum atomic E-state index is -1.25. The maximum Gasteiger partial charge on any atom is 0.527 e. The first-order chi connectivity index (χ1) is 5.20. The molecule has 0 spiro atoms. The first kappa shape index (κ1) is 10.9. The van der Waals surface area contributed by atoms with Crippen LogP contribution in [0.25, 0.3) is 0 Å². The van der Waals surface area contributed by atoms with Crippen LogP contribution < -0.4 is 0 Å². The Morgan fingerprint density at radius 2 is 1.91 bits per heavy atom. The van der Waals surface area contributed by atoms with Crippen molar-refractivity contribution in [1.29, 1.82) is 0 Å². The zero-order valence-electron chi connectivity index (χ0n) is 7.42. The molecule has 3 heteroatoms. The Hall–Kier alpha value is -0.0675. The maximum absolute atomic E-state index is 5.51. The van der Waals surface area contributed by atoms with Crippen molar-refractivity contribution in [1.82, 2.24) is 4.90 Å². The van der Waals surface area contributed by atoms with E-state index in [2.05, 4.69) is 18.1 Å². The van der Waals surface area contributed by atoms with Gasteiger partial charge in [0.15, 0.2) is 0 Å². The zero-order valence-corrected chi connectivity index (χ0v) is 8.57. The summed E-state index contributed by atoms with van der Waals surface area (Å²) in [5.74, 6) is 0. The highest BCUT2D eigenvalue weighted by molar-refractivity contribution is 6.62. The number of hydrogen-bond acceptors (Lipinski definition) is 2. The Morgan fingerprint density at radius 1 is 1.36 bits per heavy atom. The molecule has 2 nitrogen and oxygen atoms in total. The van der Waals surface area contributed by atoms with Gasteiger partial charge in [-0.2, -0.15) is 0 Å². The van der Waals surface area contributed by atoms with Gasteiger partial charge in [-0.1, -0.05) is 0 Å². The molecular formula is C8H16AlNO. The van der Waals surface area contributed by atoms with Gasteiger partial charge in [-0.3, -0.25) is 0 Å². The molecule has 0 aliphatic rings. The molecule has 62 valence electrons. The van der Waals surface area contributed by atoms with E-state index >= 15 is 0 Å². The molecule has 0 aromatic carbocycles. The fourth-order valence-corrected chi connectivity index (χ4v) is 1.45. The van der Waals surface area contributed by atoms with Crippen LogP contribution in [0.1, 0.15) is 0 Å². The summed E-state index contributed by atoms with van der Waals surface area (Å²) >= 11 is -1.25. The van der Waals surface area contributed by atoms with Crippen LogP contribution >= 0.6 is 0 Å². The summed E-state index contributed by atoms with van der Waals surface area (Å²) in [6.45, 7) is 9.11. The summed E-state index contributed by atoms with van der Waals surface area (Å²) in [6, 6.07) is 0. The fraction of sp³-hybridized carbons (Fsp3) is 0.500. The van der Waals surface area contributed by atoms with Crippen molar-refractivity contribution in [2.75, 3.05) is 27.2 Å². The van der Waals surface area contributed by atoms with Crippen molar-refractivity contribution in [3.05, 3.63) is 23.0 Å². The van der Waals surface area contributed by atoms with Gasteiger partial charge < -0.3 is 8.69 Å². The summed E-state index contributed by atoms with van der Waals surface area (Å²) < 4.78 is 5.51. The second-order valence-electron chi connectivity index (χ2n) is 2.61. The molecule has 0 saturated carbocycles. The average Bonchev–Trinajstić information content (AvgIpc) is 1.98. The van der Waals surface area contributed by atoms with Crippen LogP contribution in [0.4, 0.5) is 0 Å². The third-order valence-electron chi connectivity index (χ3n) is 1.31. The number of rotatable bonds is 6. The SMILES string of the molecule is C=[CH][Al]([CH]=C)[O]CCN(C)C. The molecule has 0 aromatic rings. The molecule has 0 aliphatic heterocycles. The molecule has 0 saturated heterocycles. The second-order valence-corrected chi connectivity index (χ2v) is 4.82. The largest absolute Gasteiger partial charge is 0.527 e. The van der Waals surface area contributed by atoms with Gasteiger partial charge in [-0.25, -0.2) is 0 Å². The molecule has 0 bridgehead atoms. The van der Waals surface area contributed by atoms with Crippen LogP contribution in [0.15, 0.2) is 23.0 Å². The van der Waals surface area contributed by atoms with Crippen LogP contribution in [-0.4, -0.2) is 46.6 Å². The lowest BCUT2D eigenvalue weighted by Gasteiger charge is -2.10. The van der Waals surface area contributed by atoms with E-state index in [9.17, 15) is 0 Å². The van der Waals surface area contributed by atoms with Gasteiger partial charge in [0.2, 0.25) is 0 Å². The lowest BCUT2D eigenvalue weighted by molar-refractivity contribution is 0.269. The van der Waals surface area contributed by atoms with E-state index in [4.69, 9.17) is 3.79 Å². The van der Waals surface area contributed by atoms with Crippen molar-refractivity contribution in [3.63, 3.8) is 0 Å². The van der Waals surface area contributed by atoms with Crippen molar-refractivity contribution < 1.29 is 3.79 Å². The van der Waals surface area contributed by atoms with Crippen molar-refractivity contribution in [2.24, 2.45) is 0 Å². The Kier molecular flexibility index (Phi) is 6.59. The molecule has 0 amide bonds. The topological polar surface area (TPSA) is 12.5 Å². The van der Waals surface area contributed by atoms with E-state index in [0.717, 1.165) is 13.2 Å². The summed E-state index contributed by atoms with van der Waals surface area (Å²) in [5.41, 5.74) is 0. The summed E-state index contributed by atoms with van der Waals surface area (Å²) in [5, 5.41) is 0. The summed E-state index contributed by atoms with van der Waals surface area (Å²) in [6.07, 6.45) is 0. The number of hydrogen-bond donors (Lipinski definition) is 0. The minimum absolute atomic E-state index is 0.780. The first-order valence-corrected chi connectivity index (χ1v) is 5.52. The van der Waals surface area contributed by atoms with Crippen molar-refractivity contribution >= 4 is 14.5 Å². The van der Waals surface area contributed by atoms with Gasteiger partial charge in [0.05, 0.1) is 0 Å². The first-order valence-electron chi connectivity index (χ1n) is 3.72. The van der Waals surface area contributed by atoms with Gasteiger partial charge >= 0.3 is 14.5 Å². The van der Waals surface area contributed by atoms with E-state index in [1.807, 2.05) is 24.0 Å². The van der Waals surface area contributed by atoms with Crippen LogP contribution in [0, 0.1) is 0 Å². The maximum atomic E-state index is 5.51. The van der Waals surface area contributed by atoms with Gasteiger partial charge in [-0.05, 0) is 14.1 Å². The van der Waals surface area contributed by atoms with E-state index < -0.39 is 14.5 Å². The van der Waals surface area contributed by atoms with Crippen LogP contribution in [0.3, 0.4) is 0 Å². The predicted molar refractivity (Wildman–Crippen MR) is 50.7 cm³/mol. The third kappa shape index (κ3) is 6.34.